The lowest BCUT2D eigenvalue weighted by Gasteiger charge is -2.24. The van der Waals surface area contributed by atoms with Crippen molar-refractivity contribution in [2.24, 2.45) is 4.99 Å². The average molecular weight is 522 g/mol. The number of guanidine groups is 1. The van der Waals surface area contributed by atoms with Crippen LogP contribution in [0.2, 0.25) is 5.02 Å². The van der Waals surface area contributed by atoms with Gasteiger partial charge in [0.2, 0.25) is 11.7 Å². The van der Waals surface area contributed by atoms with E-state index < -0.39 is 0 Å². The summed E-state index contributed by atoms with van der Waals surface area (Å²) in [4.78, 5) is 9.07. The number of nitrogens with one attached hydrogen (secondary N) is 2. The van der Waals surface area contributed by atoms with Crippen LogP contribution < -0.4 is 10.6 Å². The van der Waals surface area contributed by atoms with E-state index in [1.807, 2.05) is 36.0 Å². The summed E-state index contributed by atoms with van der Waals surface area (Å²) in [5, 5.41) is 11.5. The number of rotatable bonds is 6. The van der Waals surface area contributed by atoms with E-state index in [1.165, 1.54) is 18.6 Å². The minimum absolute atomic E-state index is 0. The van der Waals surface area contributed by atoms with Crippen LogP contribution in [-0.4, -0.2) is 46.7 Å². The van der Waals surface area contributed by atoms with E-state index in [4.69, 9.17) is 16.1 Å². The molecular weight excluding hydrogens is 497 g/mol. The van der Waals surface area contributed by atoms with Gasteiger partial charge >= 0.3 is 0 Å². The Bertz CT molecular complexity index is 736. The van der Waals surface area contributed by atoms with E-state index >= 15 is 0 Å². The van der Waals surface area contributed by atoms with Gasteiger partial charge in [0.05, 0.1) is 6.54 Å². The molecular formula is C18H25ClIN5OS. The molecule has 6 nitrogen and oxygen atoms in total. The predicted octanol–water partition coefficient (Wildman–Crippen LogP) is 4.00. The lowest BCUT2D eigenvalue weighted by molar-refractivity contribution is 0.380. The highest BCUT2D eigenvalue weighted by Crippen LogP contribution is 2.20. The zero-order valence-corrected chi connectivity index (χ0v) is 19.2. The van der Waals surface area contributed by atoms with Gasteiger partial charge in [0.15, 0.2) is 5.96 Å². The summed E-state index contributed by atoms with van der Waals surface area (Å²) in [7, 11) is 0. The van der Waals surface area contributed by atoms with Crippen molar-refractivity contribution < 1.29 is 4.52 Å². The van der Waals surface area contributed by atoms with Gasteiger partial charge in [-0.3, -0.25) is 4.99 Å². The Morgan fingerprint density at radius 2 is 2.33 bits per heavy atom. The molecule has 1 aliphatic heterocycles. The molecule has 1 aliphatic rings. The second kappa shape index (κ2) is 11.8. The summed E-state index contributed by atoms with van der Waals surface area (Å²) >= 11 is 8.01. The molecule has 3 rings (SSSR count). The fourth-order valence-corrected chi connectivity index (χ4v) is 3.99. The van der Waals surface area contributed by atoms with Crippen molar-refractivity contribution in [3.63, 3.8) is 0 Å². The van der Waals surface area contributed by atoms with Gasteiger partial charge < -0.3 is 15.2 Å². The third kappa shape index (κ3) is 7.15. The maximum atomic E-state index is 6.01. The second-order valence-electron chi connectivity index (χ2n) is 6.09. The van der Waals surface area contributed by atoms with Gasteiger partial charge in [-0.25, -0.2) is 0 Å². The Labute approximate surface area is 186 Å². The smallest absolute Gasteiger partial charge is 0.228 e. The van der Waals surface area contributed by atoms with Crippen LogP contribution in [0, 0.1) is 0 Å². The van der Waals surface area contributed by atoms with E-state index in [-0.39, 0.29) is 24.0 Å². The fourth-order valence-electron chi connectivity index (χ4n) is 2.73. The van der Waals surface area contributed by atoms with E-state index in [2.05, 4.69) is 32.7 Å². The lowest BCUT2D eigenvalue weighted by atomic mass is 10.2. The van der Waals surface area contributed by atoms with Crippen molar-refractivity contribution in [3.8, 4) is 11.4 Å². The molecule has 2 heterocycles. The molecule has 0 amide bonds. The quantitative estimate of drug-likeness (QED) is 0.340. The van der Waals surface area contributed by atoms with Crippen molar-refractivity contribution in [3.05, 3.63) is 35.2 Å². The third-order valence-electron chi connectivity index (χ3n) is 3.99. The standard InChI is InChI=1S/C18H24ClN5OS.HI/c1-2-20-18(22-15-7-4-10-26-12-15)21-9-8-16-23-17(24-25-16)13-5-3-6-14(19)11-13;/h3,5-6,11,15H,2,4,7-10,12H2,1H3,(H2,20,21,22);1H. The Morgan fingerprint density at radius 3 is 3.07 bits per heavy atom. The molecule has 0 bridgehead atoms. The highest BCUT2D eigenvalue weighted by Gasteiger charge is 2.15. The number of nitrogens with zero attached hydrogens (tertiary/aromatic N) is 3. The molecule has 9 heteroatoms. The first-order valence-electron chi connectivity index (χ1n) is 8.95. The predicted molar refractivity (Wildman–Crippen MR) is 123 cm³/mol. The number of hydrogen-bond acceptors (Lipinski definition) is 5. The van der Waals surface area contributed by atoms with Gasteiger partial charge in [-0.1, -0.05) is 28.9 Å². The highest BCUT2D eigenvalue weighted by atomic mass is 127. The Balaban J connectivity index is 0.00000261. The number of halogens is 2. The second-order valence-corrected chi connectivity index (χ2v) is 7.68. The number of benzene rings is 1. The van der Waals surface area contributed by atoms with E-state index in [0.717, 1.165) is 23.8 Å². The molecule has 0 aliphatic carbocycles. The Hall–Kier alpha value is -1.000. The molecule has 148 valence electrons. The summed E-state index contributed by atoms with van der Waals surface area (Å²) in [6, 6.07) is 7.92. The van der Waals surface area contributed by atoms with Gasteiger partial charge in [0.1, 0.15) is 0 Å². The molecule has 1 saturated heterocycles. The minimum Gasteiger partial charge on any atom is -0.357 e. The SMILES string of the molecule is CCNC(=NCCc1nc(-c2cccc(Cl)c2)no1)NC1CCCSC1.I. The highest BCUT2D eigenvalue weighted by molar-refractivity contribution is 14.0. The summed E-state index contributed by atoms with van der Waals surface area (Å²) < 4.78 is 5.33. The van der Waals surface area contributed by atoms with Crippen LogP contribution in [0.5, 0.6) is 0 Å². The monoisotopic (exact) mass is 521 g/mol. The average Bonchev–Trinajstić information content (AvgIpc) is 3.12. The minimum atomic E-state index is 0. The third-order valence-corrected chi connectivity index (χ3v) is 5.44. The molecule has 2 N–H and O–H groups in total. The summed E-state index contributed by atoms with van der Waals surface area (Å²) in [6.07, 6.45) is 3.06. The Kier molecular flexibility index (Phi) is 9.70. The van der Waals surface area contributed by atoms with E-state index in [1.54, 1.807) is 0 Å². The first-order chi connectivity index (χ1) is 12.7. The van der Waals surface area contributed by atoms with Gasteiger partial charge in [-0.05, 0) is 37.7 Å². The Morgan fingerprint density at radius 1 is 1.44 bits per heavy atom. The van der Waals surface area contributed by atoms with Crippen molar-refractivity contribution in [2.75, 3.05) is 24.6 Å². The van der Waals surface area contributed by atoms with Crippen molar-refractivity contribution in [1.82, 2.24) is 20.8 Å². The van der Waals surface area contributed by atoms with Crippen LogP contribution in [0.15, 0.2) is 33.8 Å². The van der Waals surface area contributed by atoms with Crippen molar-refractivity contribution in [1.29, 1.82) is 0 Å². The first-order valence-corrected chi connectivity index (χ1v) is 10.5. The molecule has 2 aromatic rings. The largest absolute Gasteiger partial charge is 0.357 e. The zero-order valence-electron chi connectivity index (χ0n) is 15.3. The molecule has 0 radical (unpaired) electrons. The molecule has 0 spiro atoms. The van der Waals surface area contributed by atoms with Gasteiger partial charge in [-0.2, -0.15) is 16.7 Å². The van der Waals surface area contributed by atoms with E-state index in [9.17, 15) is 0 Å². The molecule has 1 aromatic heterocycles. The normalized spacial score (nSPS) is 17.3. The summed E-state index contributed by atoms with van der Waals surface area (Å²) in [5.74, 6) is 4.38. The van der Waals surface area contributed by atoms with Gasteiger partial charge in [0.25, 0.3) is 0 Å². The summed E-state index contributed by atoms with van der Waals surface area (Å²) in [6.45, 7) is 3.50. The molecule has 1 unspecified atom stereocenters. The van der Waals surface area contributed by atoms with Crippen LogP contribution in [0.4, 0.5) is 0 Å². The topological polar surface area (TPSA) is 75.3 Å². The van der Waals surface area contributed by atoms with E-state index in [0.29, 0.717) is 35.7 Å². The molecule has 1 fully saturated rings. The zero-order chi connectivity index (χ0) is 18.2. The molecule has 1 atom stereocenters. The van der Waals surface area contributed by atoms with Crippen LogP contribution in [-0.2, 0) is 6.42 Å². The maximum absolute atomic E-state index is 6.01. The maximum Gasteiger partial charge on any atom is 0.228 e. The lowest BCUT2D eigenvalue weighted by Crippen LogP contribution is -2.45. The van der Waals surface area contributed by atoms with Gasteiger partial charge in [-0.15, -0.1) is 24.0 Å². The summed E-state index contributed by atoms with van der Waals surface area (Å²) in [5.41, 5.74) is 0.848. The van der Waals surface area contributed by atoms with Gasteiger partial charge in [0, 0.05) is 35.3 Å². The van der Waals surface area contributed by atoms with Crippen LogP contribution in [0.3, 0.4) is 0 Å². The number of aliphatic imine (C=N–C) groups is 1. The molecule has 1 aromatic carbocycles. The molecule has 27 heavy (non-hydrogen) atoms. The number of hydrogen-bond donors (Lipinski definition) is 2. The van der Waals surface area contributed by atoms with Crippen LogP contribution in [0.25, 0.3) is 11.4 Å². The van der Waals surface area contributed by atoms with Crippen molar-refractivity contribution >= 4 is 53.3 Å². The molecule has 0 saturated carbocycles. The van der Waals surface area contributed by atoms with Crippen molar-refractivity contribution in [2.45, 2.75) is 32.2 Å². The fraction of sp³-hybridized carbons (Fsp3) is 0.500. The number of thioether (sulfide) groups is 1. The van der Waals surface area contributed by atoms with Crippen LogP contribution >= 0.6 is 47.3 Å². The first kappa shape index (κ1) is 22.3. The van der Waals surface area contributed by atoms with Crippen LogP contribution in [0.1, 0.15) is 25.7 Å². The number of aromatic nitrogens is 2.